The quantitative estimate of drug-likeness (QED) is 0.730. The number of hydrogen-bond donors (Lipinski definition) is 0. The molecule has 0 bridgehead atoms. The lowest BCUT2D eigenvalue weighted by molar-refractivity contribution is -0.118. The van der Waals surface area contributed by atoms with Crippen LogP contribution < -0.4 is 4.90 Å². The SMILES string of the molecule is CCCCN(C)C(=O)c1cc(C)nc(N2CCN(C=O)CC2)n1. The van der Waals surface area contributed by atoms with Crippen LogP contribution >= 0.6 is 0 Å². The van der Waals surface area contributed by atoms with Gasteiger partial charge in [-0.05, 0) is 19.4 Å². The van der Waals surface area contributed by atoms with E-state index >= 15 is 0 Å². The summed E-state index contributed by atoms with van der Waals surface area (Å²) >= 11 is 0. The first-order chi connectivity index (χ1) is 11.0. The second-order valence-electron chi connectivity index (χ2n) is 5.90. The number of nitrogens with zero attached hydrogens (tertiary/aromatic N) is 5. The van der Waals surface area contributed by atoms with Crippen molar-refractivity contribution in [3.8, 4) is 0 Å². The number of aromatic nitrogens is 2. The molecule has 1 aromatic heterocycles. The van der Waals surface area contributed by atoms with Gasteiger partial charge in [0.25, 0.3) is 5.91 Å². The number of unbranched alkanes of at least 4 members (excludes halogenated alkanes) is 1. The van der Waals surface area contributed by atoms with E-state index in [4.69, 9.17) is 0 Å². The molecule has 0 radical (unpaired) electrons. The van der Waals surface area contributed by atoms with Gasteiger partial charge in [0.05, 0.1) is 0 Å². The fourth-order valence-electron chi connectivity index (χ4n) is 2.52. The average Bonchev–Trinajstić information content (AvgIpc) is 2.58. The molecular weight excluding hydrogens is 294 g/mol. The number of carbonyl (C=O) groups is 2. The lowest BCUT2D eigenvalue weighted by atomic mass is 10.2. The van der Waals surface area contributed by atoms with Crippen molar-refractivity contribution >= 4 is 18.3 Å². The summed E-state index contributed by atoms with van der Waals surface area (Å²) in [6.45, 7) is 7.37. The van der Waals surface area contributed by atoms with Gasteiger partial charge in [-0.15, -0.1) is 0 Å². The zero-order chi connectivity index (χ0) is 16.8. The summed E-state index contributed by atoms with van der Waals surface area (Å²) in [6.07, 6.45) is 2.89. The van der Waals surface area contributed by atoms with E-state index in [2.05, 4.69) is 16.9 Å². The van der Waals surface area contributed by atoms with Gasteiger partial charge in [-0.2, -0.15) is 0 Å². The van der Waals surface area contributed by atoms with Crippen molar-refractivity contribution in [2.24, 2.45) is 0 Å². The zero-order valence-electron chi connectivity index (χ0n) is 14.2. The van der Waals surface area contributed by atoms with Gasteiger partial charge in [0.2, 0.25) is 12.4 Å². The van der Waals surface area contributed by atoms with Crippen LogP contribution in [0.3, 0.4) is 0 Å². The summed E-state index contributed by atoms with van der Waals surface area (Å²) in [5, 5.41) is 0. The van der Waals surface area contributed by atoms with Gasteiger partial charge in [0.15, 0.2) is 0 Å². The van der Waals surface area contributed by atoms with Crippen molar-refractivity contribution in [2.75, 3.05) is 44.7 Å². The number of anilines is 1. The Kier molecular flexibility index (Phi) is 5.90. The Morgan fingerprint density at radius 1 is 1.30 bits per heavy atom. The maximum atomic E-state index is 12.5. The third-order valence-electron chi connectivity index (χ3n) is 4.00. The summed E-state index contributed by atoms with van der Waals surface area (Å²) in [5.41, 5.74) is 1.21. The van der Waals surface area contributed by atoms with Crippen LogP contribution in [0.25, 0.3) is 0 Å². The highest BCUT2D eigenvalue weighted by molar-refractivity contribution is 5.92. The molecule has 1 saturated heterocycles. The largest absolute Gasteiger partial charge is 0.342 e. The molecule has 7 heteroatoms. The molecule has 0 N–H and O–H groups in total. The highest BCUT2D eigenvalue weighted by atomic mass is 16.2. The van der Waals surface area contributed by atoms with Gasteiger partial charge in [-0.3, -0.25) is 9.59 Å². The average molecular weight is 319 g/mol. The molecule has 0 atom stereocenters. The Labute approximate surface area is 137 Å². The lowest BCUT2D eigenvalue weighted by Gasteiger charge is -2.32. The number of hydrogen-bond acceptors (Lipinski definition) is 5. The third-order valence-corrected chi connectivity index (χ3v) is 4.00. The Morgan fingerprint density at radius 3 is 2.61 bits per heavy atom. The van der Waals surface area contributed by atoms with E-state index in [1.165, 1.54) is 0 Å². The van der Waals surface area contributed by atoms with E-state index < -0.39 is 0 Å². The van der Waals surface area contributed by atoms with E-state index in [1.807, 2.05) is 11.8 Å². The first kappa shape index (κ1) is 17.2. The highest BCUT2D eigenvalue weighted by Gasteiger charge is 2.21. The maximum Gasteiger partial charge on any atom is 0.272 e. The minimum Gasteiger partial charge on any atom is -0.342 e. The van der Waals surface area contributed by atoms with Gasteiger partial charge in [0, 0.05) is 45.5 Å². The number of amides is 2. The topological polar surface area (TPSA) is 69.6 Å². The van der Waals surface area contributed by atoms with Crippen LogP contribution in [-0.2, 0) is 4.79 Å². The first-order valence-electron chi connectivity index (χ1n) is 8.10. The zero-order valence-corrected chi connectivity index (χ0v) is 14.2. The van der Waals surface area contributed by atoms with Gasteiger partial charge in [-0.1, -0.05) is 13.3 Å². The van der Waals surface area contributed by atoms with Crippen LogP contribution in [0.1, 0.15) is 35.9 Å². The van der Waals surface area contributed by atoms with Crippen molar-refractivity contribution < 1.29 is 9.59 Å². The Balaban J connectivity index is 2.12. The van der Waals surface area contributed by atoms with E-state index in [9.17, 15) is 9.59 Å². The molecule has 2 amide bonds. The van der Waals surface area contributed by atoms with Gasteiger partial charge in [-0.25, -0.2) is 9.97 Å². The van der Waals surface area contributed by atoms with E-state index in [0.717, 1.165) is 31.5 Å². The Morgan fingerprint density at radius 2 is 2.00 bits per heavy atom. The second-order valence-corrected chi connectivity index (χ2v) is 5.90. The van der Waals surface area contributed by atoms with Crippen molar-refractivity contribution in [1.82, 2.24) is 19.8 Å². The van der Waals surface area contributed by atoms with Crippen LogP contribution in [0.2, 0.25) is 0 Å². The lowest BCUT2D eigenvalue weighted by Crippen LogP contribution is -2.46. The summed E-state index contributed by atoms with van der Waals surface area (Å²) in [5.74, 6) is 0.500. The second kappa shape index (κ2) is 7.89. The summed E-state index contributed by atoms with van der Waals surface area (Å²) in [4.78, 5) is 37.7. The predicted molar refractivity (Wildman–Crippen MR) is 88.5 cm³/mol. The summed E-state index contributed by atoms with van der Waals surface area (Å²) in [6, 6.07) is 1.73. The van der Waals surface area contributed by atoms with E-state index in [-0.39, 0.29) is 5.91 Å². The van der Waals surface area contributed by atoms with Crippen molar-refractivity contribution in [3.05, 3.63) is 17.5 Å². The molecular formula is C16H25N5O2. The third kappa shape index (κ3) is 4.40. The van der Waals surface area contributed by atoms with Crippen LogP contribution in [0.15, 0.2) is 6.07 Å². The molecule has 7 nitrogen and oxygen atoms in total. The Hall–Kier alpha value is -2.18. The predicted octanol–water partition coefficient (Wildman–Crippen LogP) is 0.936. The van der Waals surface area contributed by atoms with Crippen molar-refractivity contribution in [2.45, 2.75) is 26.7 Å². The minimum absolute atomic E-state index is 0.0725. The number of rotatable bonds is 6. The van der Waals surface area contributed by atoms with E-state index in [0.29, 0.717) is 37.8 Å². The monoisotopic (exact) mass is 319 g/mol. The fourth-order valence-corrected chi connectivity index (χ4v) is 2.52. The number of carbonyl (C=O) groups excluding carboxylic acids is 2. The molecule has 0 unspecified atom stereocenters. The van der Waals surface area contributed by atoms with Crippen molar-refractivity contribution in [1.29, 1.82) is 0 Å². The molecule has 0 saturated carbocycles. The summed E-state index contributed by atoms with van der Waals surface area (Å²) < 4.78 is 0. The molecule has 0 spiro atoms. The maximum absolute atomic E-state index is 12.5. The molecule has 1 fully saturated rings. The Bertz CT molecular complexity index is 555. The molecule has 0 aliphatic carbocycles. The molecule has 1 aromatic rings. The minimum atomic E-state index is -0.0725. The number of piperazine rings is 1. The normalized spacial score (nSPS) is 14.7. The molecule has 1 aliphatic rings. The van der Waals surface area contributed by atoms with Gasteiger partial charge >= 0.3 is 0 Å². The molecule has 2 rings (SSSR count). The van der Waals surface area contributed by atoms with Gasteiger partial charge in [0.1, 0.15) is 5.69 Å². The van der Waals surface area contributed by atoms with Crippen molar-refractivity contribution in [3.63, 3.8) is 0 Å². The molecule has 2 heterocycles. The first-order valence-corrected chi connectivity index (χ1v) is 8.10. The molecule has 0 aromatic carbocycles. The van der Waals surface area contributed by atoms with Gasteiger partial charge < -0.3 is 14.7 Å². The van der Waals surface area contributed by atoms with E-state index in [1.54, 1.807) is 22.9 Å². The summed E-state index contributed by atoms with van der Waals surface area (Å²) in [7, 11) is 1.80. The highest BCUT2D eigenvalue weighted by Crippen LogP contribution is 2.14. The molecule has 126 valence electrons. The van der Waals surface area contributed by atoms with Crippen LogP contribution in [0.4, 0.5) is 5.95 Å². The standard InChI is InChI=1S/C16H25N5O2/c1-4-5-6-19(3)15(23)14-11-13(2)17-16(18-14)21-9-7-20(12-22)8-10-21/h11-12H,4-10H2,1-3H3. The molecule has 1 aliphatic heterocycles. The molecule has 23 heavy (non-hydrogen) atoms. The fraction of sp³-hybridized carbons (Fsp3) is 0.625. The van der Waals surface area contributed by atoms with Crippen LogP contribution in [0, 0.1) is 6.92 Å². The van der Waals surface area contributed by atoms with Crippen LogP contribution in [0.5, 0.6) is 0 Å². The number of aryl methyl sites for hydroxylation is 1. The smallest absolute Gasteiger partial charge is 0.272 e. The van der Waals surface area contributed by atoms with Crippen LogP contribution in [-0.4, -0.2) is 71.9 Å².